The molecule has 6 radical (unpaired) electrons. The van der Waals surface area contributed by atoms with Crippen molar-refractivity contribution >= 4 is 80.2 Å². The summed E-state index contributed by atoms with van der Waals surface area (Å²) in [5, 5.41) is 0. The first kappa shape index (κ1) is 116. The van der Waals surface area contributed by atoms with E-state index in [1.54, 1.807) is 0 Å². The molecule has 0 saturated heterocycles. The Morgan fingerprint density at radius 2 is 0.571 bits per heavy atom. The van der Waals surface area contributed by atoms with Gasteiger partial charge in [0.25, 0.3) is 0 Å². The van der Waals surface area contributed by atoms with Crippen LogP contribution < -0.4 is 0 Å². The molecule has 0 atom stereocenters. The van der Waals surface area contributed by atoms with Crippen molar-refractivity contribution < 1.29 is 21.9 Å². The number of rotatable bonds is 0. The van der Waals surface area contributed by atoms with Gasteiger partial charge in [-0.25, -0.2) is 0 Å². The molecule has 0 rings (SSSR count). The number of hydrogen-bond acceptors (Lipinski definition) is 2. The summed E-state index contributed by atoms with van der Waals surface area (Å²) in [6.45, 7) is 0. The van der Waals surface area contributed by atoms with E-state index in [4.69, 9.17) is 0 Å². The van der Waals surface area contributed by atoms with Gasteiger partial charge in [0, 0.05) is 34.7 Å². The molecule has 0 aliphatic rings. The summed E-state index contributed by atoms with van der Waals surface area (Å²) in [5.41, 5.74) is 0. The van der Waals surface area contributed by atoms with Gasteiger partial charge in [-0.2, -0.15) is 0 Å². The van der Waals surface area contributed by atoms with Crippen LogP contribution in [0.2, 0.25) is 0 Å². The summed E-state index contributed by atoms with van der Waals surface area (Å²) in [6, 6.07) is 0. The summed E-state index contributed by atoms with van der Waals surface area (Å²) < 4.78 is 0. The summed E-state index contributed by atoms with van der Waals surface area (Å²) in [6.07, 6.45) is 0. The molecule has 4 nitrogen and oxygen atoms in total. The van der Waals surface area contributed by atoms with E-state index in [9.17, 15) is 0 Å². The molecule has 0 spiro atoms. The van der Waals surface area contributed by atoms with Gasteiger partial charge >= 0.3 is 45.5 Å². The maximum absolute atomic E-state index is 0. The van der Waals surface area contributed by atoms with Gasteiger partial charge in [-0.15, -0.1) is 0 Å². The Labute approximate surface area is 100 Å². The second-order valence-electron chi connectivity index (χ2n) is 0. The fraction of sp³-hybridized carbons (Fsp3) is 0. The fourth-order valence-electron chi connectivity index (χ4n) is 0. The van der Waals surface area contributed by atoms with E-state index in [0.717, 1.165) is 0 Å². The molecule has 7 heavy (non-hydrogen) atoms. The van der Waals surface area contributed by atoms with Crippen LogP contribution in [0.25, 0.3) is 0 Å². The molecule has 0 heterocycles. The van der Waals surface area contributed by atoms with Crippen LogP contribution in [-0.2, 0) is 0 Å². The van der Waals surface area contributed by atoms with Crippen LogP contribution in [0.15, 0.2) is 0 Å². The first-order valence-corrected chi connectivity index (χ1v) is 0. The third kappa shape index (κ3) is 60.1. The van der Waals surface area contributed by atoms with Crippen LogP contribution in [0.3, 0.4) is 0 Å². The summed E-state index contributed by atoms with van der Waals surface area (Å²) in [5.74, 6) is 0. The Bertz CT molecular complexity index is 9.65. The quantitative estimate of drug-likeness (QED) is 0.393. The minimum atomic E-state index is 0. The Hall–Kier alpha value is 2.39. The van der Waals surface area contributed by atoms with Gasteiger partial charge in [-0.1, -0.05) is 0 Å². The largest absolute Gasteiger partial charge is 2.00 e. The van der Waals surface area contributed by atoms with E-state index >= 15 is 0 Å². The number of hydrogen-bond donors (Lipinski definition) is 0. The van der Waals surface area contributed by atoms with Crippen molar-refractivity contribution in [3.8, 4) is 0 Å². The van der Waals surface area contributed by atoms with E-state index in [1.807, 2.05) is 0 Å². The Kier molecular flexibility index (Phi) is 1330. The van der Waals surface area contributed by atoms with Crippen molar-refractivity contribution in [2.24, 2.45) is 0 Å². The molecule has 0 saturated carbocycles. The van der Waals surface area contributed by atoms with Gasteiger partial charge in [-0.05, 0) is 0 Å². The van der Waals surface area contributed by atoms with E-state index in [2.05, 4.69) is 0 Å². The molecule has 0 aliphatic carbocycles. The Morgan fingerprint density at radius 1 is 0.571 bits per heavy atom. The second kappa shape index (κ2) is 80.4. The van der Waals surface area contributed by atoms with Gasteiger partial charge in [0.2, 0.25) is 0 Å². The molecule has 7 heteroatoms. The van der Waals surface area contributed by atoms with Crippen LogP contribution >= 0.6 is 0 Å². The second-order valence-corrected chi connectivity index (χ2v) is 0. The van der Waals surface area contributed by atoms with Crippen LogP contribution in [0.5, 0.6) is 0 Å². The van der Waals surface area contributed by atoms with Gasteiger partial charge in [0.05, 0.1) is 0 Å². The molecule has 0 unspecified atom stereocenters. The normalized spacial score (nSPS) is 0. The summed E-state index contributed by atoms with van der Waals surface area (Å²) in [4.78, 5) is 0. The molecule has 0 aromatic rings. The summed E-state index contributed by atoms with van der Waals surface area (Å²) >= 11 is 0. The third-order valence-electron chi connectivity index (χ3n) is 0. The molecule has 0 aromatic carbocycles. The first-order chi connectivity index (χ1) is 0. The zero-order chi connectivity index (χ0) is 0. The Balaban J connectivity index is 0. The molecule has 0 amide bonds. The summed E-state index contributed by atoms with van der Waals surface area (Å²) in [7, 11) is 0. The van der Waals surface area contributed by atoms with Crippen molar-refractivity contribution in [2.45, 2.75) is 0 Å². The average Bonchev–Trinajstić information content (AvgIpc) is 0. The van der Waals surface area contributed by atoms with Gasteiger partial charge < -0.3 is 21.9 Å². The van der Waals surface area contributed by atoms with Gasteiger partial charge in [-0.3, -0.25) is 0 Å². The topological polar surface area (TPSA) is 123 Å². The molecular weight excluding hydrogens is 206 g/mol. The van der Waals surface area contributed by atoms with Crippen LogP contribution in [0.4, 0.5) is 0 Å². The maximum Gasteiger partial charge on any atom is 2.00 e. The monoisotopic (exact) mass is 212 g/mol. The standard InChI is InChI=1S/2Al.4H2O.Sr/h;;4*1H2;/q;;;;;;+2/p-2. The minimum Gasteiger partial charge on any atom is -0.870 e. The van der Waals surface area contributed by atoms with E-state index in [-0.39, 0.29) is 102 Å². The van der Waals surface area contributed by atoms with Gasteiger partial charge in [0.15, 0.2) is 0 Å². The first-order valence-electron chi connectivity index (χ1n) is 0. The van der Waals surface area contributed by atoms with Crippen molar-refractivity contribution in [1.82, 2.24) is 0 Å². The van der Waals surface area contributed by atoms with Crippen LogP contribution in [0.1, 0.15) is 0 Å². The van der Waals surface area contributed by atoms with Gasteiger partial charge in [0.1, 0.15) is 0 Å². The molecule has 0 aromatic heterocycles. The van der Waals surface area contributed by atoms with Crippen molar-refractivity contribution in [1.29, 1.82) is 0 Å². The minimum absolute atomic E-state index is 0. The van der Waals surface area contributed by atoms with Crippen LogP contribution in [0, 0.1) is 0 Å². The zero-order valence-corrected chi connectivity index (χ0v) is 9.54. The van der Waals surface area contributed by atoms with Crippen molar-refractivity contribution in [3.63, 3.8) is 0 Å². The third-order valence-corrected chi connectivity index (χ3v) is 0. The molecule has 0 bridgehead atoms. The fourth-order valence-corrected chi connectivity index (χ4v) is 0. The zero-order valence-electron chi connectivity index (χ0n) is 3.76. The maximum atomic E-state index is 0. The SMILES string of the molecule is O.O.[Al].[Al].[OH-].[OH-].[Sr+2]. The molecular formula is H6Al2O4Sr. The Morgan fingerprint density at radius 3 is 0.571 bits per heavy atom. The molecule has 0 fully saturated rings. The van der Waals surface area contributed by atoms with Crippen molar-refractivity contribution in [3.05, 3.63) is 0 Å². The predicted molar refractivity (Wildman–Crippen MR) is 28.4 cm³/mol. The van der Waals surface area contributed by atoms with Crippen LogP contribution in [-0.4, -0.2) is 102 Å². The van der Waals surface area contributed by atoms with E-state index in [0.29, 0.717) is 0 Å². The van der Waals surface area contributed by atoms with Crippen molar-refractivity contribution in [2.75, 3.05) is 0 Å². The average molecular weight is 212 g/mol. The smallest absolute Gasteiger partial charge is 0.870 e. The predicted octanol–water partition coefficient (Wildman–Crippen LogP) is -3.15. The molecule has 0 aliphatic heterocycles. The van der Waals surface area contributed by atoms with E-state index < -0.39 is 0 Å². The molecule has 38 valence electrons. The van der Waals surface area contributed by atoms with E-state index in [1.165, 1.54) is 0 Å². The molecule has 6 N–H and O–H groups in total.